The summed E-state index contributed by atoms with van der Waals surface area (Å²) in [6, 6.07) is 20.3. The number of hydrogen-bond acceptors (Lipinski definition) is 4. The summed E-state index contributed by atoms with van der Waals surface area (Å²) in [7, 11) is -2.88. The predicted molar refractivity (Wildman–Crippen MR) is 124 cm³/mol. The van der Waals surface area contributed by atoms with Crippen LogP contribution < -0.4 is 10.4 Å². The molecule has 0 spiro atoms. The number of hydrogen-bond donors (Lipinski definition) is 0. The van der Waals surface area contributed by atoms with E-state index in [9.17, 15) is 9.59 Å². The summed E-state index contributed by atoms with van der Waals surface area (Å²) >= 11 is 0. The second-order valence-electron chi connectivity index (χ2n) is 8.29. The Hall–Kier alpha value is -2.50. The molecule has 0 saturated carbocycles. The fraction of sp³-hybridized carbons (Fsp3) is 0.360. The highest BCUT2D eigenvalue weighted by atomic mass is 28.4. The number of ether oxygens (including phenoxy) is 1. The topological polar surface area (TPSA) is 52.6 Å². The summed E-state index contributed by atoms with van der Waals surface area (Å²) in [5.41, 5.74) is 0. The summed E-state index contributed by atoms with van der Waals surface area (Å²) in [6.45, 7) is 12.1. The average molecular weight is 425 g/mol. The van der Waals surface area contributed by atoms with E-state index in [4.69, 9.17) is 9.16 Å². The quantitative estimate of drug-likeness (QED) is 0.328. The van der Waals surface area contributed by atoms with Crippen LogP contribution in [0.5, 0.6) is 0 Å². The Bertz CT molecular complexity index is 801. The number of carbonyl (C=O) groups excluding carboxylic acids is 2. The number of benzene rings is 2. The van der Waals surface area contributed by atoms with E-state index in [1.165, 1.54) is 6.08 Å². The largest absolute Gasteiger partial charge is 0.466 e. The van der Waals surface area contributed by atoms with Crippen LogP contribution in [0.2, 0.25) is 5.04 Å². The maximum atomic E-state index is 12.3. The van der Waals surface area contributed by atoms with E-state index in [1.54, 1.807) is 6.92 Å². The first-order chi connectivity index (χ1) is 14.2. The van der Waals surface area contributed by atoms with E-state index < -0.39 is 14.4 Å². The first kappa shape index (κ1) is 23.8. The van der Waals surface area contributed by atoms with Crippen LogP contribution in [0, 0.1) is 0 Å². The van der Waals surface area contributed by atoms with Crippen LogP contribution in [0.15, 0.2) is 73.3 Å². The second-order valence-corrected chi connectivity index (χ2v) is 12.5. The standard InChI is InChI=1S/C25H32O4Si/c1-6-20(26)18-21(19-24(27)28-7-2)29-30(25(3,4)5,22-14-10-8-11-15-22)23-16-12-9-13-17-23/h6,8-17,21H,1,7,18-19H2,2-5H3/t21-/m1/s1. The van der Waals surface area contributed by atoms with Crippen molar-refractivity contribution in [3.8, 4) is 0 Å². The summed E-state index contributed by atoms with van der Waals surface area (Å²) in [6.07, 6.45) is 0.804. The number of allylic oxidation sites excluding steroid dienone is 1. The van der Waals surface area contributed by atoms with Gasteiger partial charge in [0.15, 0.2) is 5.78 Å². The van der Waals surface area contributed by atoms with E-state index in [-0.39, 0.29) is 29.6 Å². The minimum atomic E-state index is -2.88. The van der Waals surface area contributed by atoms with Crippen LogP contribution >= 0.6 is 0 Å². The normalized spacial score (nSPS) is 12.8. The number of esters is 1. The van der Waals surface area contributed by atoms with Crippen LogP contribution in [0.4, 0.5) is 0 Å². The molecule has 0 aromatic heterocycles. The third-order valence-corrected chi connectivity index (χ3v) is 10.2. The molecule has 30 heavy (non-hydrogen) atoms. The van der Waals surface area contributed by atoms with Gasteiger partial charge in [-0.25, -0.2) is 0 Å². The van der Waals surface area contributed by atoms with Crippen LogP contribution in [0.25, 0.3) is 0 Å². The highest BCUT2D eigenvalue weighted by Gasteiger charge is 2.51. The summed E-state index contributed by atoms with van der Waals surface area (Å²) in [4.78, 5) is 24.5. The molecule has 0 unspecified atom stereocenters. The molecule has 4 nitrogen and oxygen atoms in total. The van der Waals surface area contributed by atoms with Gasteiger partial charge in [0, 0.05) is 6.42 Å². The first-order valence-electron chi connectivity index (χ1n) is 10.3. The zero-order valence-electron chi connectivity index (χ0n) is 18.4. The molecule has 2 aromatic rings. The Kier molecular flexibility index (Phi) is 8.32. The monoisotopic (exact) mass is 424 g/mol. The Morgan fingerprint density at radius 3 is 1.87 bits per heavy atom. The van der Waals surface area contributed by atoms with Gasteiger partial charge in [-0.15, -0.1) is 0 Å². The molecule has 5 heteroatoms. The number of ketones is 1. The van der Waals surface area contributed by atoms with E-state index in [0.717, 1.165) is 10.4 Å². The Labute approximate surface area is 181 Å². The van der Waals surface area contributed by atoms with Crippen molar-refractivity contribution >= 4 is 30.4 Å². The minimum absolute atomic E-state index is 0.0257. The van der Waals surface area contributed by atoms with Gasteiger partial charge in [-0.3, -0.25) is 9.59 Å². The summed E-state index contributed by atoms with van der Waals surface area (Å²) in [5, 5.41) is 1.95. The Balaban J connectivity index is 2.62. The van der Waals surface area contributed by atoms with Gasteiger partial charge in [0.05, 0.1) is 19.1 Å². The van der Waals surface area contributed by atoms with Crippen molar-refractivity contribution in [3.05, 3.63) is 73.3 Å². The van der Waals surface area contributed by atoms with Gasteiger partial charge < -0.3 is 9.16 Å². The van der Waals surface area contributed by atoms with Crippen LogP contribution in [0.3, 0.4) is 0 Å². The van der Waals surface area contributed by atoms with Gasteiger partial charge in [-0.05, 0) is 28.4 Å². The van der Waals surface area contributed by atoms with Crippen molar-refractivity contribution in [2.75, 3.05) is 6.61 Å². The molecule has 0 aliphatic carbocycles. The third-order valence-electron chi connectivity index (χ3n) is 5.12. The van der Waals surface area contributed by atoms with Crippen LogP contribution in [-0.4, -0.2) is 32.8 Å². The maximum absolute atomic E-state index is 12.3. The molecule has 1 atom stereocenters. The zero-order valence-corrected chi connectivity index (χ0v) is 19.4. The molecule has 0 aliphatic heterocycles. The highest BCUT2D eigenvalue weighted by molar-refractivity contribution is 6.99. The molecule has 0 radical (unpaired) electrons. The lowest BCUT2D eigenvalue weighted by atomic mass is 10.1. The van der Waals surface area contributed by atoms with Gasteiger partial charge in [0.25, 0.3) is 8.32 Å². The Morgan fingerprint density at radius 2 is 1.47 bits per heavy atom. The van der Waals surface area contributed by atoms with Crippen molar-refractivity contribution in [2.45, 2.75) is 51.7 Å². The zero-order chi connectivity index (χ0) is 22.2. The van der Waals surface area contributed by atoms with Crippen LogP contribution in [-0.2, 0) is 18.8 Å². The van der Waals surface area contributed by atoms with Gasteiger partial charge in [-0.1, -0.05) is 88.0 Å². The van der Waals surface area contributed by atoms with Crippen molar-refractivity contribution in [1.82, 2.24) is 0 Å². The number of carbonyl (C=O) groups is 2. The molecule has 0 amide bonds. The maximum Gasteiger partial charge on any atom is 0.308 e. The first-order valence-corrected chi connectivity index (χ1v) is 12.2. The van der Waals surface area contributed by atoms with Gasteiger partial charge in [0.1, 0.15) is 0 Å². The van der Waals surface area contributed by atoms with Crippen molar-refractivity contribution < 1.29 is 18.8 Å². The molecule has 0 N–H and O–H groups in total. The Morgan fingerprint density at radius 1 is 0.967 bits per heavy atom. The molecule has 0 heterocycles. The molecule has 0 saturated heterocycles. The predicted octanol–water partition coefficient (Wildman–Crippen LogP) is 4.03. The molecular formula is C25H32O4Si. The lowest BCUT2D eigenvalue weighted by molar-refractivity contribution is -0.145. The van der Waals surface area contributed by atoms with Gasteiger partial charge in [-0.2, -0.15) is 0 Å². The highest BCUT2D eigenvalue weighted by Crippen LogP contribution is 2.38. The summed E-state index contributed by atoms with van der Waals surface area (Å²) < 4.78 is 12.1. The number of rotatable bonds is 10. The van der Waals surface area contributed by atoms with E-state index in [0.29, 0.717) is 6.61 Å². The molecule has 0 bridgehead atoms. The van der Waals surface area contributed by atoms with Crippen molar-refractivity contribution in [1.29, 1.82) is 0 Å². The minimum Gasteiger partial charge on any atom is -0.466 e. The van der Waals surface area contributed by atoms with Crippen molar-refractivity contribution in [3.63, 3.8) is 0 Å². The fourth-order valence-corrected chi connectivity index (χ4v) is 8.49. The van der Waals surface area contributed by atoms with E-state index in [2.05, 4.69) is 51.6 Å². The molecule has 2 aromatic carbocycles. The van der Waals surface area contributed by atoms with E-state index >= 15 is 0 Å². The molecule has 2 rings (SSSR count). The summed E-state index contributed by atoms with van der Waals surface area (Å²) in [5.74, 6) is -0.514. The smallest absolute Gasteiger partial charge is 0.308 e. The fourth-order valence-electron chi connectivity index (χ4n) is 3.81. The third kappa shape index (κ3) is 5.55. The lowest BCUT2D eigenvalue weighted by Crippen LogP contribution is -2.67. The van der Waals surface area contributed by atoms with Crippen molar-refractivity contribution in [2.24, 2.45) is 0 Å². The van der Waals surface area contributed by atoms with Crippen LogP contribution in [0.1, 0.15) is 40.5 Å². The molecule has 160 valence electrons. The average Bonchev–Trinajstić information content (AvgIpc) is 2.72. The molecule has 0 fully saturated rings. The van der Waals surface area contributed by atoms with E-state index in [1.807, 2.05) is 36.4 Å². The molecule has 0 aliphatic rings. The second kappa shape index (κ2) is 10.5. The SMILES string of the molecule is C=CC(=O)C[C@H](CC(=O)OCC)O[Si](c1ccccc1)(c1ccccc1)C(C)(C)C. The lowest BCUT2D eigenvalue weighted by Gasteiger charge is -2.45. The van der Waals surface area contributed by atoms with Gasteiger partial charge >= 0.3 is 5.97 Å². The molecular weight excluding hydrogens is 392 g/mol. The van der Waals surface area contributed by atoms with Gasteiger partial charge in [0.2, 0.25) is 0 Å².